The third-order valence-electron chi connectivity index (χ3n) is 3.53. The van der Waals surface area contributed by atoms with Crippen molar-refractivity contribution in [3.63, 3.8) is 0 Å². The maximum Gasteiger partial charge on any atom is 0.161 e. The van der Waals surface area contributed by atoms with Crippen LogP contribution in [-0.4, -0.2) is 18.8 Å². The van der Waals surface area contributed by atoms with Crippen LogP contribution in [0.2, 0.25) is 0 Å². The van der Waals surface area contributed by atoms with Crippen molar-refractivity contribution in [1.82, 2.24) is 0 Å². The first kappa shape index (κ1) is 16.3. The van der Waals surface area contributed by atoms with Crippen molar-refractivity contribution in [2.24, 2.45) is 5.73 Å². The molecule has 0 fully saturated rings. The fraction of sp³-hybridized carbons (Fsp3) is 0.333. The van der Waals surface area contributed by atoms with Crippen LogP contribution in [0.15, 0.2) is 48.5 Å². The van der Waals surface area contributed by atoms with Gasteiger partial charge in [0.15, 0.2) is 11.5 Å². The largest absolute Gasteiger partial charge is 0.493 e. The van der Waals surface area contributed by atoms with E-state index in [2.05, 4.69) is 0 Å². The molecule has 4 nitrogen and oxygen atoms in total. The lowest BCUT2D eigenvalue weighted by Crippen LogP contribution is -2.11. The Morgan fingerprint density at radius 1 is 1.09 bits per heavy atom. The molecule has 0 radical (unpaired) electrons. The van der Waals surface area contributed by atoms with Gasteiger partial charge in [-0.3, -0.25) is 0 Å². The van der Waals surface area contributed by atoms with Crippen molar-refractivity contribution in [2.75, 3.05) is 13.7 Å². The van der Waals surface area contributed by atoms with Crippen LogP contribution in [0.5, 0.6) is 11.5 Å². The maximum atomic E-state index is 8.91. The summed E-state index contributed by atoms with van der Waals surface area (Å²) in [5.74, 6) is 1.37. The predicted octanol–water partition coefficient (Wildman–Crippen LogP) is 3.05. The Bertz CT molecular complexity index is 572. The Morgan fingerprint density at radius 2 is 1.86 bits per heavy atom. The molecule has 0 bridgehead atoms. The smallest absolute Gasteiger partial charge is 0.161 e. The summed E-state index contributed by atoms with van der Waals surface area (Å²) in [6.07, 6.45) is 1.42. The van der Waals surface area contributed by atoms with E-state index in [4.69, 9.17) is 20.3 Å². The first-order valence-corrected chi connectivity index (χ1v) is 7.45. The van der Waals surface area contributed by atoms with Gasteiger partial charge < -0.3 is 20.3 Å². The average Bonchev–Trinajstić information content (AvgIpc) is 2.58. The summed E-state index contributed by atoms with van der Waals surface area (Å²) in [6.45, 7) is 0.633. The third kappa shape index (κ3) is 4.48. The highest BCUT2D eigenvalue weighted by Crippen LogP contribution is 2.31. The molecule has 0 aromatic heterocycles. The zero-order valence-corrected chi connectivity index (χ0v) is 12.9. The Morgan fingerprint density at radius 3 is 2.55 bits per heavy atom. The fourth-order valence-corrected chi connectivity index (χ4v) is 2.25. The van der Waals surface area contributed by atoms with Crippen LogP contribution in [0.3, 0.4) is 0 Å². The van der Waals surface area contributed by atoms with E-state index in [0.29, 0.717) is 24.5 Å². The summed E-state index contributed by atoms with van der Waals surface area (Å²) in [5.41, 5.74) is 8.22. The van der Waals surface area contributed by atoms with Gasteiger partial charge in [0.05, 0.1) is 7.11 Å². The molecule has 0 aliphatic heterocycles. The molecule has 22 heavy (non-hydrogen) atoms. The highest BCUT2D eigenvalue weighted by atomic mass is 16.5. The summed E-state index contributed by atoms with van der Waals surface area (Å²) >= 11 is 0. The molecule has 0 spiro atoms. The van der Waals surface area contributed by atoms with Gasteiger partial charge >= 0.3 is 0 Å². The lowest BCUT2D eigenvalue weighted by molar-refractivity contribution is 0.278. The summed E-state index contributed by atoms with van der Waals surface area (Å²) in [7, 11) is 1.62. The molecule has 0 aliphatic carbocycles. The van der Waals surface area contributed by atoms with Crippen molar-refractivity contribution in [3.05, 3.63) is 59.7 Å². The molecule has 0 saturated heterocycles. The van der Waals surface area contributed by atoms with Crippen molar-refractivity contribution in [3.8, 4) is 11.5 Å². The van der Waals surface area contributed by atoms with Gasteiger partial charge in [0.2, 0.25) is 0 Å². The van der Waals surface area contributed by atoms with E-state index in [1.54, 1.807) is 7.11 Å². The van der Waals surface area contributed by atoms with E-state index in [1.807, 2.05) is 48.5 Å². The monoisotopic (exact) mass is 301 g/mol. The van der Waals surface area contributed by atoms with Gasteiger partial charge in [-0.15, -0.1) is 0 Å². The van der Waals surface area contributed by atoms with Gasteiger partial charge in [0, 0.05) is 12.6 Å². The Labute approximate surface area is 131 Å². The summed E-state index contributed by atoms with van der Waals surface area (Å²) in [4.78, 5) is 0. The molecule has 0 amide bonds. The Kier molecular flexibility index (Phi) is 6.25. The number of aliphatic hydroxyl groups excluding tert-OH is 1. The molecule has 2 rings (SSSR count). The normalized spacial score (nSPS) is 12.0. The molecule has 1 atom stereocenters. The van der Waals surface area contributed by atoms with Crippen molar-refractivity contribution >= 4 is 0 Å². The molecule has 0 saturated carbocycles. The number of benzene rings is 2. The lowest BCUT2D eigenvalue weighted by atomic mass is 10.0. The van der Waals surface area contributed by atoms with Crippen molar-refractivity contribution in [1.29, 1.82) is 0 Å². The summed E-state index contributed by atoms with van der Waals surface area (Å²) in [5, 5.41) is 8.91. The van der Waals surface area contributed by atoms with Crippen molar-refractivity contribution in [2.45, 2.75) is 25.5 Å². The quantitative estimate of drug-likeness (QED) is 0.786. The fourth-order valence-electron chi connectivity index (χ4n) is 2.25. The number of nitrogens with two attached hydrogens (primary N) is 1. The maximum absolute atomic E-state index is 8.91. The summed E-state index contributed by atoms with van der Waals surface area (Å²) < 4.78 is 11.2. The van der Waals surface area contributed by atoms with E-state index in [-0.39, 0.29) is 12.6 Å². The minimum absolute atomic E-state index is 0.114. The Hall–Kier alpha value is -2.04. The number of ether oxygens (including phenoxy) is 2. The van der Waals surface area contributed by atoms with Crippen LogP contribution in [0.1, 0.15) is 30.0 Å². The first-order valence-electron chi connectivity index (χ1n) is 7.45. The van der Waals surface area contributed by atoms with Crippen LogP contribution >= 0.6 is 0 Å². The molecule has 0 aliphatic rings. The minimum Gasteiger partial charge on any atom is -0.493 e. The second-order valence-corrected chi connectivity index (χ2v) is 5.16. The molecule has 2 aromatic carbocycles. The third-order valence-corrected chi connectivity index (χ3v) is 3.53. The van der Waals surface area contributed by atoms with Gasteiger partial charge in [-0.25, -0.2) is 0 Å². The number of methoxy groups -OCH3 is 1. The van der Waals surface area contributed by atoms with Crippen LogP contribution in [0, 0.1) is 0 Å². The van der Waals surface area contributed by atoms with Gasteiger partial charge in [-0.1, -0.05) is 36.4 Å². The second kappa shape index (κ2) is 8.41. The topological polar surface area (TPSA) is 64.7 Å². The molecule has 118 valence electrons. The van der Waals surface area contributed by atoms with E-state index in [9.17, 15) is 0 Å². The zero-order chi connectivity index (χ0) is 15.8. The van der Waals surface area contributed by atoms with Crippen LogP contribution in [-0.2, 0) is 6.61 Å². The van der Waals surface area contributed by atoms with Gasteiger partial charge in [-0.05, 0) is 36.1 Å². The molecule has 0 unspecified atom stereocenters. The standard InChI is InChI=1S/C18H23NO3/c1-21-17-10-9-15(16(19)8-5-11-20)12-18(17)22-13-14-6-3-2-4-7-14/h2-4,6-7,9-10,12,16,20H,5,8,11,13,19H2,1H3/t16-/m1/s1. The average molecular weight is 301 g/mol. The highest BCUT2D eigenvalue weighted by molar-refractivity contribution is 5.44. The number of hydrogen-bond donors (Lipinski definition) is 2. The second-order valence-electron chi connectivity index (χ2n) is 5.16. The van der Waals surface area contributed by atoms with E-state index < -0.39 is 0 Å². The van der Waals surface area contributed by atoms with E-state index in [0.717, 1.165) is 17.5 Å². The lowest BCUT2D eigenvalue weighted by Gasteiger charge is -2.16. The summed E-state index contributed by atoms with van der Waals surface area (Å²) in [6, 6.07) is 15.6. The molecular formula is C18H23NO3. The van der Waals surface area contributed by atoms with Gasteiger partial charge in [0.25, 0.3) is 0 Å². The Balaban J connectivity index is 2.10. The molecule has 0 heterocycles. The van der Waals surface area contributed by atoms with E-state index in [1.165, 1.54) is 0 Å². The van der Waals surface area contributed by atoms with Crippen LogP contribution in [0.4, 0.5) is 0 Å². The number of aliphatic hydroxyl groups is 1. The highest BCUT2D eigenvalue weighted by Gasteiger charge is 2.11. The van der Waals surface area contributed by atoms with Gasteiger partial charge in [-0.2, -0.15) is 0 Å². The van der Waals surface area contributed by atoms with Crippen LogP contribution < -0.4 is 15.2 Å². The molecule has 3 N–H and O–H groups in total. The first-order chi connectivity index (χ1) is 10.7. The predicted molar refractivity (Wildman–Crippen MR) is 87.0 cm³/mol. The van der Waals surface area contributed by atoms with Gasteiger partial charge in [0.1, 0.15) is 6.61 Å². The van der Waals surface area contributed by atoms with Crippen LogP contribution in [0.25, 0.3) is 0 Å². The molecular weight excluding hydrogens is 278 g/mol. The molecule has 2 aromatic rings. The number of rotatable bonds is 8. The van der Waals surface area contributed by atoms with Crippen molar-refractivity contribution < 1.29 is 14.6 Å². The SMILES string of the molecule is COc1ccc([C@H](N)CCCO)cc1OCc1ccccc1. The zero-order valence-electron chi connectivity index (χ0n) is 12.9. The minimum atomic E-state index is -0.114. The molecule has 4 heteroatoms. The van der Waals surface area contributed by atoms with E-state index >= 15 is 0 Å². The number of hydrogen-bond acceptors (Lipinski definition) is 4.